The molecule has 4 aromatic rings. The molecular formula is C22H17ClN6O. The molecule has 0 saturated carbocycles. The maximum atomic E-state index is 12.6. The number of benzene rings is 2. The van der Waals surface area contributed by atoms with E-state index >= 15 is 0 Å². The molecule has 0 bridgehead atoms. The van der Waals surface area contributed by atoms with Gasteiger partial charge in [0.2, 0.25) is 5.91 Å². The Balaban J connectivity index is 1.64. The number of aromatic nitrogens is 5. The Hall–Kier alpha value is -3.58. The lowest BCUT2D eigenvalue weighted by molar-refractivity contribution is -0.116. The molecule has 1 aliphatic heterocycles. The van der Waals surface area contributed by atoms with Crippen molar-refractivity contribution in [1.29, 1.82) is 0 Å². The van der Waals surface area contributed by atoms with Crippen LogP contribution in [0.3, 0.4) is 0 Å². The van der Waals surface area contributed by atoms with Crippen molar-refractivity contribution in [3.63, 3.8) is 0 Å². The lowest BCUT2D eigenvalue weighted by Gasteiger charge is -2.24. The lowest BCUT2D eigenvalue weighted by Crippen LogP contribution is -2.25. The first-order valence-electron chi connectivity index (χ1n) is 9.51. The minimum atomic E-state index is -0.193. The van der Waals surface area contributed by atoms with Crippen LogP contribution < -0.4 is 5.32 Å². The minimum absolute atomic E-state index is 0.110. The molecule has 0 radical (unpaired) electrons. The monoisotopic (exact) mass is 416 g/mol. The molecule has 148 valence electrons. The summed E-state index contributed by atoms with van der Waals surface area (Å²) >= 11 is 6.44. The lowest BCUT2D eigenvalue weighted by atomic mass is 9.86. The average Bonchev–Trinajstić information content (AvgIpc) is 3.10. The summed E-state index contributed by atoms with van der Waals surface area (Å²) in [6.45, 7) is 1.91. The van der Waals surface area contributed by atoms with Crippen LogP contribution in [-0.4, -0.2) is 30.9 Å². The van der Waals surface area contributed by atoms with Gasteiger partial charge in [-0.25, -0.2) is 4.98 Å². The molecule has 8 heteroatoms. The topological polar surface area (TPSA) is 85.6 Å². The highest BCUT2D eigenvalue weighted by atomic mass is 35.5. The van der Waals surface area contributed by atoms with E-state index in [4.69, 9.17) is 11.6 Å². The van der Waals surface area contributed by atoms with Crippen LogP contribution in [0.5, 0.6) is 0 Å². The Bertz CT molecular complexity index is 1250. The Morgan fingerprint density at radius 3 is 2.67 bits per heavy atom. The average molecular weight is 417 g/mol. The molecule has 5 rings (SSSR count). The normalized spacial score (nSPS) is 15.5. The van der Waals surface area contributed by atoms with Gasteiger partial charge in [-0.15, -0.1) is 5.10 Å². The van der Waals surface area contributed by atoms with E-state index in [1.807, 2.05) is 61.5 Å². The molecule has 1 amide bonds. The highest BCUT2D eigenvalue weighted by Gasteiger charge is 2.34. The zero-order valence-corrected chi connectivity index (χ0v) is 16.8. The molecule has 2 aromatic carbocycles. The molecule has 3 heterocycles. The number of rotatable bonds is 3. The number of carbonyl (C=O) groups is 1. The molecule has 1 unspecified atom stereocenters. The van der Waals surface area contributed by atoms with Crippen LogP contribution in [0, 0.1) is 6.92 Å². The van der Waals surface area contributed by atoms with Gasteiger partial charge in [0.15, 0.2) is 0 Å². The zero-order valence-electron chi connectivity index (χ0n) is 16.1. The Morgan fingerprint density at radius 2 is 1.87 bits per heavy atom. The van der Waals surface area contributed by atoms with Gasteiger partial charge in [-0.3, -0.25) is 4.79 Å². The molecule has 2 aromatic heterocycles. The van der Waals surface area contributed by atoms with Crippen molar-refractivity contribution in [2.45, 2.75) is 19.3 Å². The van der Waals surface area contributed by atoms with E-state index in [2.05, 4.69) is 25.6 Å². The summed E-state index contributed by atoms with van der Waals surface area (Å²) in [5.41, 5.74) is 4.19. The van der Waals surface area contributed by atoms with Gasteiger partial charge >= 0.3 is 0 Å². The molecular weight excluding hydrogens is 400 g/mol. The standard InChI is InChI=1S/C22H17ClN6O/c1-13-20-16(15-9-5-6-10-17(15)23)11-19(30)26-21(20)29(28-13)22-25-18(12-24-27-22)14-7-3-2-4-8-14/h2-10,12,16H,11H2,1H3,(H,26,30). The van der Waals surface area contributed by atoms with Crippen LogP contribution in [-0.2, 0) is 4.79 Å². The zero-order chi connectivity index (χ0) is 20.7. The van der Waals surface area contributed by atoms with Crippen LogP contribution in [0.25, 0.3) is 17.2 Å². The predicted octanol–water partition coefficient (Wildman–Crippen LogP) is 4.16. The molecule has 1 N–H and O–H groups in total. The maximum Gasteiger partial charge on any atom is 0.272 e. The third kappa shape index (κ3) is 3.13. The van der Waals surface area contributed by atoms with E-state index in [-0.39, 0.29) is 11.8 Å². The molecule has 0 aliphatic carbocycles. The summed E-state index contributed by atoms with van der Waals surface area (Å²) in [5, 5.41) is 16.4. The third-order valence-corrected chi connectivity index (χ3v) is 5.53. The number of aryl methyl sites for hydroxylation is 1. The highest BCUT2D eigenvalue weighted by Crippen LogP contribution is 2.41. The fourth-order valence-corrected chi connectivity index (χ4v) is 4.11. The maximum absolute atomic E-state index is 12.6. The highest BCUT2D eigenvalue weighted by molar-refractivity contribution is 6.31. The van der Waals surface area contributed by atoms with Gasteiger partial charge in [-0.2, -0.15) is 14.9 Å². The minimum Gasteiger partial charge on any atom is -0.310 e. The smallest absolute Gasteiger partial charge is 0.272 e. The van der Waals surface area contributed by atoms with Gasteiger partial charge in [0, 0.05) is 28.5 Å². The Labute approximate surface area is 177 Å². The molecule has 1 atom stereocenters. The fourth-order valence-electron chi connectivity index (χ4n) is 3.85. The van der Waals surface area contributed by atoms with Crippen molar-refractivity contribution < 1.29 is 4.79 Å². The van der Waals surface area contributed by atoms with Gasteiger partial charge in [0.05, 0.1) is 17.6 Å². The SMILES string of the molecule is Cc1nn(-c2nncc(-c3ccccc3)n2)c2c1C(c1ccccc1Cl)CC(=O)N2. The van der Waals surface area contributed by atoms with Crippen LogP contribution in [0.4, 0.5) is 5.82 Å². The Kier molecular flexibility index (Phi) is 4.52. The van der Waals surface area contributed by atoms with Gasteiger partial charge in [-0.1, -0.05) is 60.1 Å². The second kappa shape index (κ2) is 7.35. The first kappa shape index (κ1) is 18.4. The first-order chi connectivity index (χ1) is 14.6. The summed E-state index contributed by atoms with van der Waals surface area (Å²) in [7, 11) is 0. The van der Waals surface area contributed by atoms with Gasteiger partial charge in [0.25, 0.3) is 5.95 Å². The summed E-state index contributed by atoms with van der Waals surface area (Å²) in [4.78, 5) is 17.2. The summed E-state index contributed by atoms with van der Waals surface area (Å²) in [5.74, 6) is 0.545. The fraction of sp³-hybridized carbons (Fsp3) is 0.136. The van der Waals surface area contributed by atoms with Crippen LogP contribution >= 0.6 is 11.6 Å². The molecule has 30 heavy (non-hydrogen) atoms. The quantitative estimate of drug-likeness (QED) is 0.542. The van der Waals surface area contributed by atoms with E-state index in [9.17, 15) is 4.79 Å². The van der Waals surface area contributed by atoms with E-state index in [0.29, 0.717) is 28.9 Å². The number of amides is 1. The number of hydrogen-bond donors (Lipinski definition) is 1. The molecule has 0 spiro atoms. The van der Waals surface area contributed by atoms with Crippen molar-refractivity contribution in [3.05, 3.63) is 82.6 Å². The Morgan fingerprint density at radius 1 is 1.10 bits per heavy atom. The van der Waals surface area contributed by atoms with E-state index < -0.39 is 0 Å². The third-order valence-electron chi connectivity index (χ3n) is 5.19. The van der Waals surface area contributed by atoms with Crippen molar-refractivity contribution in [3.8, 4) is 17.2 Å². The van der Waals surface area contributed by atoms with E-state index in [1.165, 1.54) is 0 Å². The molecule has 1 aliphatic rings. The van der Waals surface area contributed by atoms with E-state index in [0.717, 1.165) is 22.4 Å². The van der Waals surface area contributed by atoms with Gasteiger partial charge in [0.1, 0.15) is 5.82 Å². The number of carbonyl (C=O) groups excluding carboxylic acids is 1. The number of fused-ring (bicyclic) bond motifs is 1. The molecule has 0 saturated heterocycles. The number of halogens is 1. The number of hydrogen-bond acceptors (Lipinski definition) is 5. The summed E-state index contributed by atoms with van der Waals surface area (Å²) in [6, 6.07) is 17.3. The summed E-state index contributed by atoms with van der Waals surface area (Å²) in [6.07, 6.45) is 1.90. The molecule has 0 fully saturated rings. The molecule has 7 nitrogen and oxygen atoms in total. The van der Waals surface area contributed by atoms with Crippen molar-refractivity contribution >= 4 is 23.3 Å². The second-order valence-corrected chi connectivity index (χ2v) is 7.50. The largest absolute Gasteiger partial charge is 0.310 e. The summed E-state index contributed by atoms with van der Waals surface area (Å²) < 4.78 is 1.55. The van der Waals surface area contributed by atoms with Gasteiger partial charge in [-0.05, 0) is 18.6 Å². The van der Waals surface area contributed by atoms with E-state index in [1.54, 1.807) is 10.9 Å². The second-order valence-electron chi connectivity index (χ2n) is 7.09. The van der Waals surface area contributed by atoms with Crippen molar-refractivity contribution in [2.75, 3.05) is 5.32 Å². The van der Waals surface area contributed by atoms with Crippen LogP contribution in [0.1, 0.15) is 29.2 Å². The number of nitrogens with one attached hydrogen (secondary N) is 1. The number of nitrogens with zero attached hydrogens (tertiary/aromatic N) is 5. The van der Waals surface area contributed by atoms with Crippen molar-refractivity contribution in [1.82, 2.24) is 25.0 Å². The van der Waals surface area contributed by atoms with Crippen LogP contribution in [0.2, 0.25) is 5.02 Å². The van der Waals surface area contributed by atoms with Crippen LogP contribution in [0.15, 0.2) is 60.8 Å². The first-order valence-corrected chi connectivity index (χ1v) is 9.89. The number of anilines is 1. The predicted molar refractivity (Wildman–Crippen MR) is 114 cm³/mol. The van der Waals surface area contributed by atoms with Crippen molar-refractivity contribution in [2.24, 2.45) is 0 Å². The van der Waals surface area contributed by atoms with Gasteiger partial charge < -0.3 is 5.32 Å².